The van der Waals surface area contributed by atoms with Crippen LogP contribution < -0.4 is 0 Å². The SMILES string of the molecule is Cn1nc2ccccc2c1C(=O)N1CCC(S(=O)(=O)c2ccc(Cl)cc2)CC1. The molecule has 0 bridgehead atoms. The average Bonchev–Trinajstić information content (AvgIpc) is 3.03. The minimum Gasteiger partial charge on any atom is -0.337 e. The Morgan fingerprint density at radius 2 is 1.71 bits per heavy atom. The van der Waals surface area contributed by atoms with Crippen LogP contribution in [0.3, 0.4) is 0 Å². The molecule has 2 heterocycles. The Morgan fingerprint density at radius 3 is 2.39 bits per heavy atom. The quantitative estimate of drug-likeness (QED) is 0.655. The number of piperidine rings is 1. The number of aromatic nitrogens is 2. The van der Waals surface area contributed by atoms with E-state index in [1.54, 1.807) is 28.8 Å². The molecule has 6 nitrogen and oxygen atoms in total. The summed E-state index contributed by atoms with van der Waals surface area (Å²) in [6.07, 6.45) is 0.818. The van der Waals surface area contributed by atoms with E-state index in [-0.39, 0.29) is 10.8 Å². The van der Waals surface area contributed by atoms with E-state index in [4.69, 9.17) is 11.6 Å². The molecule has 1 saturated heterocycles. The summed E-state index contributed by atoms with van der Waals surface area (Å²) >= 11 is 5.86. The van der Waals surface area contributed by atoms with Gasteiger partial charge in [-0.25, -0.2) is 8.42 Å². The van der Waals surface area contributed by atoms with E-state index < -0.39 is 15.1 Å². The van der Waals surface area contributed by atoms with Crippen LogP contribution in [0.5, 0.6) is 0 Å². The van der Waals surface area contributed by atoms with Crippen LogP contribution >= 0.6 is 11.6 Å². The number of hydrogen-bond donors (Lipinski definition) is 0. The number of benzene rings is 2. The first kappa shape index (κ1) is 19.0. The topological polar surface area (TPSA) is 72.3 Å². The number of fused-ring (bicyclic) bond motifs is 1. The Morgan fingerprint density at radius 1 is 1.07 bits per heavy atom. The fourth-order valence-electron chi connectivity index (χ4n) is 3.74. The van der Waals surface area contributed by atoms with Crippen LogP contribution in [0.4, 0.5) is 0 Å². The highest BCUT2D eigenvalue weighted by molar-refractivity contribution is 7.92. The molecule has 1 aromatic heterocycles. The first-order chi connectivity index (χ1) is 13.4. The smallest absolute Gasteiger partial charge is 0.272 e. The lowest BCUT2D eigenvalue weighted by atomic mass is 10.1. The molecule has 0 unspecified atom stereocenters. The molecule has 146 valence electrons. The maximum Gasteiger partial charge on any atom is 0.272 e. The van der Waals surface area contributed by atoms with E-state index in [9.17, 15) is 13.2 Å². The van der Waals surface area contributed by atoms with Gasteiger partial charge in [0.05, 0.1) is 15.7 Å². The lowest BCUT2D eigenvalue weighted by Gasteiger charge is -2.31. The molecule has 8 heteroatoms. The average molecular weight is 418 g/mol. The Bertz CT molecular complexity index is 1130. The van der Waals surface area contributed by atoms with Crippen molar-refractivity contribution in [2.24, 2.45) is 7.05 Å². The highest BCUT2D eigenvalue weighted by Gasteiger charge is 2.34. The molecule has 2 aromatic carbocycles. The molecule has 3 aromatic rings. The number of amides is 1. The predicted octanol–water partition coefficient (Wildman–Crippen LogP) is 3.31. The second kappa shape index (κ2) is 7.22. The second-order valence-electron chi connectivity index (χ2n) is 6.98. The number of sulfone groups is 1. The molecule has 0 N–H and O–H groups in total. The predicted molar refractivity (Wildman–Crippen MR) is 108 cm³/mol. The van der Waals surface area contributed by atoms with Gasteiger partial charge in [0.15, 0.2) is 9.84 Å². The zero-order chi connectivity index (χ0) is 19.9. The van der Waals surface area contributed by atoms with Crippen molar-refractivity contribution in [2.75, 3.05) is 13.1 Å². The fraction of sp³-hybridized carbons (Fsp3) is 0.300. The van der Waals surface area contributed by atoms with E-state index in [0.29, 0.717) is 36.6 Å². The van der Waals surface area contributed by atoms with Crippen LogP contribution in [0.2, 0.25) is 5.02 Å². The molecule has 0 saturated carbocycles. The Labute approximate surface area is 168 Å². The fourth-order valence-corrected chi connectivity index (χ4v) is 5.59. The van der Waals surface area contributed by atoms with Gasteiger partial charge in [-0.05, 0) is 43.2 Å². The zero-order valence-corrected chi connectivity index (χ0v) is 16.9. The van der Waals surface area contributed by atoms with Crippen molar-refractivity contribution >= 4 is 38.2 Å². The summed E-state index contributed by atoms with van der Waals surface area (Å²) in [4.78, 5) is 15.1. The summed E-state index contributed by atoms with van der Waals surface area (Å²) in [6.45, 7) is 0.797. The number of halogens is 1. The van der Waals surface area contributed by atoms with Gasteiger partial charge < -0.3 is 4.90 Å². The zero-order valence-electron chi connectivity index (χ0n) is 15.4. The van der Waals surface area contributed by atoms with Crippen LogP contribution in [0.15, 0.2) is 53.4 Å². The molecule has 28 heavy (non-hydrogen) atoms. The molecule has 1 fully saturated rings. The summed E-state index contributed by atoms with van der Waals surface area (Å²) < 4.78 is 27.3. The van der Waals surface area contributed by atoms with Crippen molar-refractivity contribution in [3.8, 4) is 0 Å². The largest absolute Gasteiger partial charge is 0.337 e. The third-order valence-corrected chi connectivity index (χ3v) is 7.78. The van der Waals surface area contributed by atoms with Crippen LogP contribution in [0, 0.1) is 0 Å². The Hall–Kier alpha value is -2.38. The monoisotopic (exact) mass is 417 g/mol. The molecular weight excluding hydrogens is 398 g/mol. The summed E-state index contributed by atoms with van der Waals surface area (Å²) in [5, 5.41) is 5.21. The van der Waals surface area contributed by atoms with Gasteiger partial charge in [-0.1, -0.05) is 29.8 Å². The van der Waals surface area contributed by atoms with E-state index in [2.05, 4.69) is 5.10 Å². The molecule has 0 atom stereocenters. The van der Waals surface area contributed by atoms with Crippen LogP contribution in [0.25, 0.3) is 10.9 Å². The first-order valence-corrected chi connectivity index (χ1v) is 11.0. The Balaban J connectivity index is 1.51. The van der Waals surface area contributed by atoms with Crippen LogP contribution in [-0.2, 0) is 16.9 Å². The van der Waals surface area contributed by atoms with Gasteiger partial charge >= 0.3 is 0 Å². The van der Waals surface area contributed by atoms with Crippen LogP contribution in [0.1, 0.15) is 23.3 Å². The molecule has 4 rings (SSSR count). The third-order valence-electron chi connectivity index (χ3n) is 5.25. The van der Waals surface area contributed by atoms with E-state index in [1.807, 2.05) is 24.3 Å². The van der Waals surface area contributed by atoms with Gasteiger partial charge in [0.25, 0.3) is 5.91 Å². The van der Waals surface area contributed by atoms with Crippen molar-refractivity contribution < 1.29 is 13.2 Å². The van der Waals surface area contributed by atoms with Gasteiger partial charge in [-0.3, -0.25) is 9.48 Å². The molecule has 0 spiro atoms. The van der Waals surface area contributed by atoms with Crippen molar-refractivity contribution in [2.45, 2.75) is 23.0 Å². The maximum atomic E-state index is 13.1. The highest BCUT2D eigenvalue weighted by Crippen LogP contribution is 2.27. The molecule has 0 aliphatic carbocycles. The van der Waals surface area contributed by atoms with Gasteiger partial charge in [0.1, 0.15) is 5.69 Å². The molecule has 1 aliphatic rings. The number of carbonyl (C=O) groups excluding carboxylic acids is 1. The normalized spacial score (nSPS) is 15.9. The highest BCUT2D eigenvalue weighted by atomic mass is 35.5. The second-order valence-corrected chi connectivity index (χ2v) is 9.64. The number of carbonyl (C=O) groups is 1. The van der Waals surface area contributed by atoms with E-state index >= 15 is 0 Å². The maximum absolute atomic E-state index is 13.1. The molecule has 0 radical (unpaired) electrons. The van der Waals surface area contributed by atoms with E-state index in [0.717, 1.165) is 10.9 Å². The molecule has 1 aliphatic heterocycles. The van der Waals surface area contributed by atoms with Crippen molar-refractivity contribution in [3.63, 3.8) is 0 Å². The van der Waals surface area contributed by atoms with Gasteiger partial charge in [0, 0.05) is 30.5 Å². The van der Waals surface area contributed by atoms with E-state index in [1.165, 1.54) is 12.1 Å². The van der Waals surface area contributed by atoms with Crippen molar-refractivity contribution in [1.29, 1.82) is 0 Å². The van der Waals surface area contributed by atoms with Crippen molar-refractivity contribution in [3.05, 3.63) is 59.2 Å². The van der Waals surface area contributed by atoms with Crippen molar-refractivity contribution in [1.82, 2.24) is 14.7 Å². The van der Waals surface area contributed by atoms with Crippen LogP contribution in [-0.4, -0.2) is 47.3 Å². The lowest BCUT2D eigenvalue weighted by Crippen LogP contribution is -2.43. The summed E-state index contributed by atoms with van der Waals surface area (Å²) in [6, 6.07) is 13.8. The number of aryl methyl sites for hydroxylation is 1. The number of nitrogens with zero attached hydrogens (tertiary/aromatic N) is 3. The standard InChI is InChI=1S/C20H20ClN3O3S/c1-23-19(17-4-2-3-5-18(17)22-23)20(25)24-12-10-16(11-13-24)28(26,27)15-8-6-14(21)7-9-15/h2-9,16H,10-13H2,1H3. The number of rotatable bonds is 3. The van der Waals surface area contributed by atoms with Gasteiger partial charge in [-0.15, -0.1) is 0 Å². The molecule has 1 amide bonds. The number of likely N-dealkylation sites (tertiary alicyclic amines) is 1. The summed E-state index contributed by atoms with van der Waals surface area (Å²) in [5.74, 6) is -0.112. The number of hydrogen-bond acceptors (Lipinski definition) is 4. The first-order valence-electron chi connectivity index (χ1n) is 9.08. The minimum absolute atomic E-state index is 0.112. The summed E-state index contributed by atoms with van der Waals surface area (Å²) in [5.41, 5.74) is 1.31. The molecular formula is C20H20ClN3O3S. The van der Waals surface area contributed by atoms with Gasteiger partial charge in [-0.2, -0.15) is 5.10 Å². The Kier molecular flexibility index (Phi) is 4.89. The third kappa shape index (κ3) is 3.29. The lowest BCUT2D eigenvalue weighted by molar-refractivity contribution is 0.0716. The van der Waals surface area contributed by atoms with Gasteiger partial charge in [0.2, 0.25) is 0 Å². The summed E-state index contributed by atoms with van der Waals surface area (Å²) in [7, 11) is -1.68. The minimum atomic E-state index is -3.44.